The Balaban J connectivity index is 4.77. The molecule has 0 aromatic heterocycles. The highest BCUT2D eigenvalue weighted by Gasteiger charge is 2.29. The van der Waals surface area contributed by atoms with Crippen molar-refractivity contribution in [3.8, 4) is 0 Å². The van der Waals surface area contributed by atoms with Gasteiger partial charge in [-0.3, -0.25) is 32.5 Å². The smallest absolute Gasteiger partial charge is 0.463 e. The van der Waals surface area contributed by atoms with Gasteiger partial charge in [0.2, 0.25) is 0 Å². The number of aliphatic hydroxyl groups is 2. The van der Waals surface area contributed by atoms with E-state index in [1.54, 1.807) is 0 Å². The monoisotopic (exact) mass is 1310 g/mol. The lowest BCUT2D eigenvalue weighted by molar-refractivity contribution is -0.161. The van der Waals surface area contributed by atoms with E-state index >= 15 is 0 Å². The van der Waals surface area contributed by atoms with Gasteiger partial charge >= 0.3 is 33.6 Å². The molecule has 16 nitrogen and oxygen atoms in total. The highest BCUT2D eigenvalue weighted by atomic mass is 31.2. The SMILES string of the molecule is CC/C=C\C/C=C\C/C=C\C/C=C\C/C=C\C/C=C\CCCCC(=O)OCC(O)COP(=O)(O)OCC(O)COP(=O)(O)OCC(COC(=O)CCCCCC/C=C\C/C=C\C/C=C\C/C=C\CC)OC(=O)CCCCCCCCC/C=C\C/C=C\C/C=C\CC. The minimum atomic E-state index is -4.94. The van der Waals surface area contributed by atoms with Crippen molar-refractivity contribution in [1.82, 2.24) is 0 Å². The molecule has 0 radical (unpaired) electrons. The number of ether oxygens (including phenoxy) is 3. The molecule has 0 aromatic carbocycles. The number of phosphoric acid groups is 2. The second kappa shape index (κ2) is 65.2. The first-order valence-corrected chi connectivity index (χ1v) is 36.8. The van der Waals surface area contributed by atoms with Crippen LogP contribution < -0.4 is 0 Å². The van der Waals surface area contributed by atoms with Gasteiger partial charge in [0.25, 0.3) is 0 Å². The topological polar surface area (TPSA) is 231 Å². The van der Waals surface area contributed by atoms with Crippen LogP contribution in [-0.4, -0.2) is 95.9 Å². The third-order valence-corrected chi connectivity index (χ3v) is 15.1. The van der Waals surface area contributed by atoms with Crippen molar-refractivity contribution in [2.75, 3.05) is 39.6 Å². The maximum absolute atomic E-state index is 12.9. The standard InChI is InChI=1S/C73H118O16P2/c1-4-7-10-13-16-19-22-25-28-31-32-33-34-37-39-41-44-47-50-53-56-59-71(76)83-62-68(74)63-85-90(79,80)86-64-69(75)65-87-91(81,82)88-67-70(89-73(78)61-58-55-52-49-46-43-40-36-30-27-24-21-18-15-12-9-6-3)66-84-72(77)60-57-54-51-48-45-42-38-35-29-26-23-20-17-14-11-8-5-2/h7-12,16-21,25-30,32-33,37-39,42,44,47,68-70,74-75H,4-6,13-15,22-24,31,34-36,40-41,43,45-46,48-67H2,1-3H3,(H,79,80)(H,81,82)/b10-7-,11-8-,12-9-,19-16-,20-17-,21-18-,28-25-,29-26-,30-27-,33-32-,39-37-,42-38-,47-44-. The zero-order chi connectivity index (χ0) is 66.7. The summed E-state index contributed by atoms with van der Waals surface area (Å²) >= 11 is 0. The minimum Gasteiger partial charge on any atom is -0.463 e. The van der Waals surface area contributed by atoms with Crippen LogP contribution in [0.2, 0.25) is 0 Å². The third kappa shape index (κ3) is 66.4. The van der Waals surface area contributed by atoms with Crippen LogP contribution >= 0.6 is 15.6 Å². The first-order chi connectivity index (χ1) is 44.2. The predicted molar refractivity (Wildman–Crippen MR) is 371 cm³/mol. The number of phosphoric ester groups is 2. The Morgan fingerprint density at radius 3 is 0.890 bits per heavy atom. The van der Waals surface area contributed by atoms with Gasteiger partial charge in [0, 0.05) is 19.3 Å². The van der Waals surface area contributed by atoms with E-state index in [-0.39, 0.29) is 19.3 Å². The van der Waals surface area contributed by atoms with E-state index in [0.717, 1.165) is 167 Å². The van der Waals surface area contributed by atoms with Crippen molar-refractivity contribution in [3.63, 3.8) is 0 Å². The number of unbranched alkanes of at least 4 members (excludes halogenated alkanes) is 13. The van der Waals surface area contributed by atoms with E-state index < -0.39 is 91.5 Å². The summed E-state index contributed by atoms with van der Waals surface area (Å²) in [6.07, 6.45) is 78.6. The molecule has 0 amide bonds. The van der Waals surface area contributed by atoms with Gasteiger partial charge < -0.3 is 34.2 Å². The fourth-order valence-electron chi connectivity index (χ4n) is 8.16. The van der Waals surface area contributed by atoms with Gasteiger partial charge in [-0.05, 0) is 141 Å². The molecule has 0 saturated carbocycles. The molecular weight excluding hydrogens is 1190 g/mol. The van der Waals surface area contributed by atoms with Gasteiger partial charge in [-0.2, -0.15) is 0 Å². The Morgan fingerprint density at radius 1 is 0.308 bits per heavy atom. The Kier molecular flexibility index (Phi) is 61.8. The number of esters is 3. The number of rotatable bonds is 62. The van der Waals surface area contributed by atoms with Gasteiger partial charge in [0.05, 0.1) is 26.4 Å². The van der Waals surface area contributed by atoms with E-state index in [1.807, 2.05) is 0 Å². The lowest BCUT2D eigenvalue weighted by Gasteiger charge is -2.21. The molecule has 0 aliphatic carbocycles. The zero-order valence-corrected chi connectivity index (χ0v) is 57.5. The molecule has 516 valence electrons. The van der Waals surface area contributed by atoms with E-state index in [9.17, 15) is 43.5 Å². The maximum Gasteiger partial charge on any atom is 0.472 e. The number of hydrogen-bond acceptors (Lipinski definition) is 14. The van der Waals surface area contributed by atoms with E-state index in [0.29, 0.717) is 19.3 Å². The molecule has 0 heterocycles. The van der Waals surface area contributed by atoms with Gasteiger partial charge in [-0.1, -0.05) is 224 Å². The lowest BCUT2D eigenvalue weighted by atomic mass is 10.1. The molecule has 18 heteroatoms. The highest BCUT2D eigenvalue weighted by molar-refractivity contribution is 7.47. The van der Waals surface area contributed by atoms with Crippen molar-refractivity contribution >= 4 is 33.6 Å². The molecule has 0 bridgehead atoms. The molecule has 0 aliphatic heterocycles. The Morgan fingerprint density at radius 2 is 0.549 bits per heavy atom. The number of hydrogen-bond donors (Lipinski definition) is 4. The normalized spacial score (nSPS) is 15.2. The van der Waals surface area contributed by atoms with Crippen molar-refractivity contribution in [2.24, 2.45) is 0 Å². The number of carbonyl (C=O) groups excluding carboxylic acids is 3. The third-order valence-electron chi connectivity index (χ3n) is 13.2. The molecule has 0 fully saturated rings. The molecular formula is C73H118O16P2. The van der Waals surface area contributed by atoms with Crippen molar-refractivity contribution < 1.29 is 75.8 Å². The number of allylic oxidation sites excluding steroid dienone is 26. The van der Waals surface area contributed by atoms with Gasteiger partial charge in [0.1, 0.15) is 25.4 Å². The Bertz CT molecular complexity index is 2290. The first-order valence-electron chi connectivity index (χ1n) is 33.8. The summed E-state index contributed by atoms with van der Waals surface area (Å²) in [5.74, 6) is -1.67. The molecule has 4 N–H and O–H groups in total. The molecule has 0 spiro atoms. The zero-order valence-electron chi connectivity index (χ0n) is 55.7. The fourth-order valence-corrected chi connectivity index (χ4v) is 9.75. The van der Waals surface area contributed by atoms with Gasteiger partial charge in [-0.15, -0.1) is 0 Å². The quantitative estimate of drug-likeness (QED) is 0.0146. The molecule has 5 unspecified atom stereocenters. The van der Waals surface area contributed by atoms with Crippen LogP contribution in [0.3, 0.4) is 0 Å². The summed E-state index contributed by atoms with van der Waals surface area (Å²) in [5.41, 5.74) is 0. The highest BCUT2D eigenvalue weighted by Crippen LogP contribution is 2.45. The van der Waals surface area contributed by atoms with E-state index in [1.165, 1.54) is 0 Å². The van der Waals surface area contributed by atoms with Gasteiger partial charge in [-0.25, -0.2) is 9.13 Å². The summed E-state index contributed by atoms with van der Waals surface area (Å²) < 4.78 is 60.8. The Labute approximate surface area is 549 Å². The average Bonchev–Trinajstić information content (AvgIpc) is 3.74. The second-order valence-corrected chi connectivity index (χ2v) is 24.7. The van der Waals surface area contributed by atoms with Crippen LogP contribution in [-0.2, 0) is 55.8 Å². The summed E-state index contributed by atoms with van der Waals surface area (Å²) in [4.78, 5) is 58.4. The molecule has 5 atom stereocenters. The minimum absolute atomic E-state index is 0.0805. The molecule has 0 saturated heterocycles. The van der Waals surface area contributed by atoms with E-state index in [4.69, 9.17) is 32.3 Å². The van der Waals surface area contributed by atoms with Crippen molar-refractivity contribution in [2.45, 2.75) is 245 Å². The van der Waals surface area contributed by atoms with Gasteiger partial charge in [0.15, 0.2) is 6.10 Å². The second-order valence-electron chi connectivity index (χ2n) is 21.8. The molecule has 0 rings (SSSR count). The van der Waals surface area contributed by atoms with Crippen LogP contribution in [0.25, 0.3) is 0 Å². The predicted octanol–water partition coefficient (Wildman–Crippen LogP) is 18.7. The Hall–Kier alpha value is -4.83. The molecule has 0 aromatic rings. The first kappa shape index (κ1) is 86.2. The fraction of sp³-hybridized carbons (Fsp3) is 0.603. The molecule has 0 aliphatic rings. The lowest BCUT2D eigenvalue weighted by Crippen LogP contribution is -2.30. The largest absolute Gasteiger partial charge is 0.472 e. The molecule has 91 heavy (non-hydrogen) atoms. The average molecular weight is 1310 g/mol. The van der Waals surface area contributed by atoms with Crippen LogP contribution in [0.5, 0.6) is 0 Å². The van der Waals surface area contributed by atoms with Crippen LogP contribution in [0, 0.1) is 0 Å². The van der Waals surface area contributed by atoms with Crippen LogP contribution in [0.15, 0.2) is 158 Å². The van der Waals surface area contributed by atoms with Crippen LogP contribution in [0.4, 0.5) is 0 Å². The number of aliphatic hydroxyl groups excluding tert-OH is 2. The summed E-state index contributed by atoms with van der Waals surface area (Å²) in [5, 5.41) is 20.5. The van der Waals surface area contributed by atoms with Crippen molar-refractivity contribution in [1.29, 1.82) is 0 Å². The summed E-state index contributed by atoms with van der Waals surface area (Å²) in [7, 11) is -9.81. The van der Waals surface area contributed by atoms with Crippen LogP contribution in [0.1, 0.15) is 226 Å². The summed E-state index contributed by atoms with van der Waals surface area (Å²) in [6, 6.07) is 0. The maximum atomic E-state index is 12.9. The summed E-state index contributed by atoms with van der Waals surface area (Å²) in [6.45, 7) is 2.20. The van der Waals surface area contributed by atoms with E-state index in [2.05, 4.69) is 179 Å². The van der Waals surface area contributed by atoms with Crippen molar-refractivity contribution in [3.05, 3.63) is 158 Å². The number of carbonyl (C=O) groups is 3.